The number of nitrogens with one attached hydrogen (secondary N) is 2. The maximum atomic E-state index is 13.1. The number of H-pyrrole nitrogens is 1. The second-order valence-electron chi connectivity index (χ2n) is 8.00. The minimum atomic E-state index is -0.213. The first-order valence-corrected chi connectivity index (χ1v) is 11.4. The van der Waals surface area contributed by atoms with E-state index in [2.05, 4.69) is 29.1 Å². The van der Waals surface area contributed by atoms with E-state index in [1.54, 1.807) is 12.4 Å². The van der Waals surface area contributed by atoms with Crippen molar-refractivity contribution in [2.75, 3.05) is 11.5 Å². The molecule has 2 amide bonds. The van der Waals surface area contributed by atoms with Crippen LogP contribution in [0.4, 0.5) is 5.69 Å². The Bertz CT molecular complexity index is 1300. The van der Waals surface area contributed by atoms with Gasteiger partial charge in [0.05, 0.1) is 34.0 Å². The van der Waals surface area contributed by atoms with Crippen LogP contribution in [0.15, 0.2) is 47.6 Å². The van der Waals surface area contributed by atoms with E-state index in [1.807, 2.05) is 41.3 Å². The fourth-order valence-corrected chi connectivity index (χ4v) is 5.17. The minimum Gasteiger partial charge on any atom is -0.482 e. The number of fused-ring (bicyclic) bond motifs is 2. The van der Waals surface area contributed by atoms with Crippen LogP contribution in [0.1, 0.15) is 31.0 Å². The molecule has 2 N–H and O–H groups in total. The molecule has 7 nitrogen and oxygen atoms in total. The van der Waals surface area contributed by atoms with Gasteiger partial charge in [-0.25, -0.2) is 4.98 Å². The Labute approximate surface area is 194 Å². The van der Waals surface area contributed by atoms with Gasteiger partial charge in [-0.3, -0.25) is 14.5 Å². The zero-order valence-corrected chi connectivity index (χ0v) is 19.0. The summed E-state index contributed by atoms with van der Waals surface area (Å²) in [6.45, 7) is 4.17. The largest absolute Gasteiger partial charge is 0.482 e. The number of aromatic nitrogens is 2. The number of rotatable bonds is 4. The molecule has 0 radical (unpaired) electrons. The molecule has 1 fully saturated rings. The molecule has 32 heavy (non-hydrogen) atoms. The highest BCUT2D eigenvalue weighted by Gasteiger charge is 2.35. The number of benzene rings is 2. The van der Waals surface area contributed by atoms with E-state index in [1.165, 1.54) is 11.8 Å². The van der Waals surface area contributed by atoms with Crippen LogP contribution in [0.3, 0.4) is 0 Å². The summed E-state index contributed by atoms with van der Waals surface area (Å²) < 4.78 is 6.16. The molecule has 2 aliphatic rings. The van der Waals surface area contributed by atoms with Gasteiger partial charge in [-0.05, 0) is 47.4 Å². The lowest BCUT2D eigenvalue weighted by molar-refractivity contribution is -0.122. The van der Waals surface area contributed by atoms with Crippen molar-refractivity contribution in [3.05, 3.63) is 58.8 Å². The van der Waals surface area contributed by atoms with Crippen LogP contribution in [0, 0.1) is 5.92 Å². The zero-order chi connectivity index (χ0) is 22.4. The van der Waals surface area contributed by atoms with Crippen molar-refractivity contribution in [3.63, 3.8) is 0 Å². The zero-order valence-electron chi connectivity index (χ0n) is 17.4. The van der Waals surface area contributed by atoms with E-state index in [4.69, 9.17) is 17.0 Å². The van der Waals surface area contributed by atoms with Crippen molar-refractivity contribution in [2.45, 2.75) is 19.9 Å². The average Bonchev–Trinajstić information content (AvgIpc) is 3.35. The number of carbonyl (C=O) groups is 2. The molecule has 2 aromatic carbocycles. The van der Waals surface area contributed by atoms with E-state index in [0.29, 0.717) is 20.7 Å². The van der Waals surface area contributed by atoms with Gasteiger partial charge in [0, 0.05) is 0 Å². The van der Waals surface area contributed by atoms with Crippen molar-refractivity contribution < 1.29 is 14.3 Å². The molecular formula is C23H20N4O3S2. The second-order valence-corrected chi connectivity index (χ2v) is 9.72. The highest BCUT2D eigenvalue weighted by atomic mass is 32.2. The number of thioether (sulfide) groups is 1. The monoisotopic (exact) mass is 464 g/mol. The summed E-state index contributed by atoms with van der Waals surface area (Å²) in [5.41, 5.74) is 4.29. The van der Waals surface area contributed by atoms with Gasteiger partial charge in [-0.15, -0.1) is 0 Å². The van der Waals surface area contributed by atoms with Gasteiger partial charge in [0.25, 0.3) is 11.8 Å². The predicted octanol–water partition coefficient (Wildman–Crippen LogP) is 4.17. The fraction of sp³-hybridized carbons (Fsp3) is 0.217. The Balaban J connectivity index is 1.59. The number of thiocarbonyl (C=S) groups is 1. The second kappa shape index (κ2) is 8.07. The van der Waals surface area contributed by atoms with Crippen molar-refractivity contribution in [1.82, 2.24) is 15.3 Å². The molecule has 1 saturated heterocycles. The highest BCUT2D eigenvalue weighted by molar-refractivity contribution is 8.26. The summed E-state index contributed by atoms with van der Waals surface area (Å²) in [7, 11) is 0. The summed E-state index contributed by atoms with van der Waals surface area (Å²) in [5.74, 6) is 0.453. The number of anilines is 1. The maximum Gasteiger partial charge on any atom is 0.265 e. The first kappa shape index (κ1) is 20.7. The molecule has 1 aromatic heterocycles. The smallest absolute Gasteiger partial charge is 0.265 e. The van der Waals surface area contributed by atoms with Gasteiger partial charge in [0.1, 0.15) is 10.1 Å². The summed E-state index contributed by atoms with van der Waals surface area (Å²) in [5, 5.41) is 2.62. The first-order chi connectivity index (χ1) is 15.4. The van der Waals surface area contributed by atoms with Crippen molar-refractivity contribution >= 4 is 62.9 Å². The van der Waals surface area contributed by atoms with Crippen LogP contribution in [-0.4, -0.2) is 32.7 Å². The van der Waals surface area contributed by atoms with Crippen LogP contribution in [0.25, 0.3) is 17.1 Å². The lowest BCUT2D eigenvalue weighted by Gasteiger charge is -2.38. The number of nitrogens with zero attached hydrogens (tertiary/aromatic N) is 2. The number of carbonyl (C=O) groups excluding carboxylic acids is 2. The molecule has 0 aliphatic carbocycles. The molecule has 0 spiro atoms. The Kier molecular flexibility index (Phi) is 5.22. The van der Waals surface area contributed by atoms with Gasteiger partial charge < -0.3 is 15.0 Å². The highest BCUT2D eigenvalue weighted by Crippen LogP contribution is 2.42. The number of hydrogen-bond donors (Lipinski definition) is 2. The number of imidazole rings is 1. The summed E-state index contributed by atoms with van der Waals surface area (Å²) in [6.07, 6.45) is 3.44. The molecule has 3 aromatic rings. The summed E-state index contributed by atoms with van der Waals surface area (Å²) >= 11 is 6.30. The molecule has 0 saturated carbocycles. The molecule has 3 heterocycles. The quantitative estimate of drug-likeness (QED) is 0.445. The number of aromatic amines is 1. The van der Waals surface area contributed by atoms with Gasteiger partial charge in [0.15, 0.2) is 6.61 Å². The van der Waals surface area contributed by atoms with Gasteiger partial charge in [0.2, 0.25) is 0 Å². The maximum absolute atomic E-state index is 13.1. The Hall–Kier alpha value is -3.17. The SMILES string of the molecule is CC(C)C(c1ccc2nc[nH]c2c1)N1C(=O)COc2ccc(C=C3SC(=S)NC3=O)cc21. The average molecular weight is 465 g/mol. The van der Waals surface area contributed by atoms with Crippen LogP contribution in [0.2, 0.25) is 0 Å². The Morgan fingerprint density at radius 2 is 2.06 bits per heavy atom. The van der Waals surface area contributed by atoms with E-state index in [9.17, 15) is 9.59 Å². The Morgan fingerprint density at radius 1 is 1.22 bits per heavy atom. The molecule has 0 bridgehead atoms. The summed E-state index contributed by atoms with van der Waals surface area (Å²) in [4.78, 5) is 35.0. The number of ether oxygens (including phenoxy) is 1. The van der Waals surface area contributed by atoms with Crippen LogP contribution in [-0.2, 0) is 9.59 Å². The van der Waals surface area contributed by atoms with Gasteiger partial charge in [-0.1, -0.05) is 50.0 Å². The third-order valence-electron chi connectivity index (χ3n) is 5.50. The van der Waals surface area contributed by atoms with Crippen molar-refractivity contribution in [3.8, 4) is 5.75 Å². The molecule has 162 valence electrons. The van der Waals surface area contributed by atoms with E-state index >= 15 is 0 Å². The number of amides is 2. The normalized spacial score (nSPS) is 18.3. The van der Waals surface area contributed by atoms with E-state index in [0.717, 1.165) is 22.2 Å². The molecule has 1 atom stereocenters. The summed E-state index contributed by atoms with van der Waals surface area (Å²) in [6, 6.07) is 11.4. The first-order valence-electron chi connectivity index (χ1n) is 10.2. The molecular weight excluding hydrogens is 444 g/mol. The van der Waals surface area contributed by atoms with E-state index in [-0.39, 0.29) is 30.4 Å². The Morgan fingerprint density at radius 3 is 2.81 bits per heavy atom. The lowest BCUT2D eigenvalue weighted by Crippen LogP contribution is -2.43. The van der Waals surface area contributed by atoms with Gasteiger partial charge in [-0.2, -0.15) is 0 Å². The van der Waals surface area contributed by atoms with E-state index < -0.39 is 0 Å². The van der Waals surface area contributed by atoms with Crippen molar-refractivity contribution in [2.24, 2.45) is 5.92 Å². The van der Waals surface area contributed by atoms with Crippen LogP contribution in [0.5, 0.6) is 5.75 Å². The van der Waals surface area contributed by atoms with Crippen LogP contribution >= 0.6 is 24.0 Å². The topological polar surface area (TPSA) is 87.3 Å². The lowest BCUT2D eigenvalue weighted by atomic mass is 9.92. The van der Waals surface area contributed by atoms with Crippen molar-refractivity contribution in [1.29, 1.82) is 0 Å². The van der Waals surface area contributed by atoms with Crippen LogP contribution < -0.4 is 15.0 Å². The molecule has 2 aliphatic heterocycles. The standard InChI is InChI=1S/C23H20N4O3S2/c1-12(2)21(14-4-5-15-16(9-14)25-11-24-15)27-17-7-13(3-6-18(17)30-10-20(27)28)8-19-22(29)26-23(31)32-19/h3-9,11-12,21H,10H2,1-2H3,(H,24,25)(H,26,29,31). The third kappa shape index (κ3) is 3.67. The number of hydrogen-bond acceptors (Lipinski definition) is 6. The molecule has 1 unspecified atom stereocenters. The third-order valence-corrected chi connectivity index (χ3v) is 6.66. The fourth-order valence-electron chi connectivity index (χ4n) is 4.12. The predicted molar refractivity (Wildman–Crippen MR) is 129 cm³/mol. The van der Waals surface area contributed by atoms with Gasteiger partial charge >= 0.3 is 0 Å². The molecule has 9 heteroatoms. The minimum absolute atomic E-state index is 0.0184. The molecule has 5 rings (SSSR count).